The minimum Gasteiger partial charge on any atom is -0.493 e. The normalized spacial score (nSPS) is 20.0. The molecule has 3 aromatic rings. The number of nitrogens with two attached hydrogens (primary N) is 1. The van der Waals surface area contributed by atoms with Crippen molar-refractivity contribution in [3.05, 3.63) is 83.4 Å². The van der Waals surface area contributed by atoms with Gasteiger partial charge in [-0.1, -0.05) is 30.3 Å². The Morgan fingerprint density at radius 2 is 1.55 bits per heavy atom. The molecule has 0 aliphatic carbocycles. The fourth-order valence-corrected chi connectivity index (χ4v) is 6.63. The number of carbonyl (C=O) groups is 1. The topological polar surface area (TPSA) is 74.0 Å². The van der Waals surface area contributed by atoms with E-state index in [2.05, 4.69) is 73.5 Å². The van der Waals surface area contributed by atoms with Crippen LogP contribution in [0.3, 0.4) is 0 Å². The van der Waals surface area contributed by atoms with Crippen molar-refractivity contribution in [1.29, 1.82) is 0 Å². The first-order valence-corrected chi connectivity index (χ1v) is 15.2. The quantitative estimate of drug-likeness (QED) is 0.297. The van der Waals surface area contributed by atoms with Crippen LogP contribution >= 0.6 is 0 Å². The summed E-state index contributed by atoms with van der Waals surface area (Å²) in [6, 6.07) is 23.1. The van der Waals surface area contributed by atoms with Gasteiger partial charge in [-0.2, -0.15) is 0 Å². The van der Waals surface area contributed by atoms with Crippen molar-refractivity contribution in [2.75, 3.05) is 63.8 Å². The average molecular weight is 569 g/mol. The summed E-state index contributed by atoms with van der Waals surface area (Å²) in [7, 11) is 2.11. The van der Waals surface area contributed by atoms with Gasteiger partial charge >= 0.3 is 5.91 Å². The van der Waals surface area contributed by atoms with Crippen LogP contribution in [0.4, 0.5) is 11.4 Å². The van der Waals surface area contributed by atoms with Crippen LogP contribution in [0, 0.1) is 0 Å². The molecule has 42 heavy (non-hydrogen) atoms. The van der Waals surface area contributed by atoms with Crippen molar-refractivity contribution >= 4 is 23.4 Å². The molecule has 3 heterocycles. The maximum Gasteiger partial charge on any atom is 0.342 e. The second-order valence-electron chi connectivity index (χ2n) is 11.8. The van der Waals surface area contributed by atoms with Crippen molar-refractivity contribution in [3.63, 3.8) is 0 Å². The molecule has 220 valence electrons. The number of quaternary nitrogens is 1. The van der Waals surface area contributed by atoms with E-state index in [-0.39, 0.29) is 18.0 Å². The van der Waals surface area contributed by atoms with E-state index in [9.17, 15) is 4.79 Å². The monoisotopic (exact) mass is 568 g/mol. The van der Waals surface area contributed by atoms with Crippen LogP contribution in [-0.2, 0) is 14.3 Å². The first-order chi connectivity index (χ1) is 20.4. The fourth-order valence-electron chi connectivity index (χ4n) is 6.63. The van der Waals surface area contributed by atoms with Crippen LogP contribution in [0.15, 0.2) is 72.3 Å². The zero-order valence-corrected chi connectivity index (χ0v) is 24.8. The van der Waals surface area contributed by atoms with Crippen molar-refractivity contribution < 1.29 is 23.5 Å². The highest BCUT2D eigenvalue weighted by Crippen LogP contribution is 2.39. The van der Waals surface area contributed by atoms with Crippen LogP contribution in [0.2, 0.25) is 0 Å². The molecule has 0 bridgehead atoms. The second-order valence-corrected chi connectivity index (χ2v) is 11.8. The Kier molecular flexibility index (Phi) is 8.34. The van der Waals surface area contributed by atoms with Crippen molar-refractivity contribution in [1.82, 2.24) is 0 Å². The molecule has 7 nitrogen and oxygen atoms in total. The number of carbonyl (C=O) groups excluding carboxylic acids is 1. The third-order valence-corrected chi connectivity index (χ3v) is 9.43. The van der Waals surface area contributed by atoms with Gasteiger partial charge in [0, 0.05) is 54.9 Å². The summed E-state index contributed by atoms with van der Waals surface area (Å²) in [5, 5.41) is 0. The van der Waals surface area contributed by atoms with E-state index in [0.717, 1.165) is 78.4 Å². The number of rotatable bonds is 6. The van der Waals surface area contributed by atoms with Gasteiger partial charge in [0.2, 0.25) is 0 Å². The summed E-state index contributed by atoms with van der Waals surface area (Å²) in [5.41, 5.74) is 13.1. The molecule has 0 aromatic heterocycles. The van der Waals surface area contributed by atoms with Crippen molar-refractivity contribution in [3.8, 4) is 16.9 Å². The number of fused-ring (bicyclic) bond motifs is 1. The number of nitrogen functional groups attached to an aromatic ring is 1. The summed E-state index contributed by atoms with van der Waals surface area (Å²) < 4.78 is 17.7. The fraction of sp³-hybridized carbons (Fsp3) is 0.400. The minimum atomic E-state index is -0.0398. The van der Waals surface area contributed by atoms with E-state index >= 15 is 0 Å². The van der Waals surface area contributed by atoms with Gasteiger partial charge < -0.3 is 24.8 Å². The predicted molar refractivity (Wildman–Crippen MR) is 167 cm³/mol. The Morgan fingerprint density at radius 1 is 0.881 bits per heavy atom. The van der Waals surface area contributed by atoms with Gasteiger partial charge in [0.25, 0.3) is 0 Å². The second kappa shape index (κ2) is 12.3. The van der Waals surface area contributed by atoms with E-state index in [0.29, 0.717) is 30.7 Å². The van der Waals surface area contributed by atoms with Gasteiger partial charge in [0.05, 0.1) is 45.7 Å². The summed E-state index contributed by atoms with van der Waals surface area (Å²) in [4.78, 5) is 17.0. The van der Waals surface area contributed by atoms with Gasteiger partial charge in [0.15, 0.2) is 0 Å². The summed E-state index contributed by atoms with van der Waals surface area (Å²) in [6.07, 6.45) is 4.35. The average Bonchev–Trinajstić information content (AvgIpc) is 3.27. The van der Waals surface area contributed by atoms with Gasteiger partial charge in [0.1, 0.15) is 17.8 Å². The maximum atomic E-state index is 14.7. The first-order valence-electron chi connectivity index (χ1n) is 15.2. The van der Waals surface area contributed by atoms with E-state index in [1.807, 2.05) is 18.2 Å². The Morgan fingerprint density at radius 3 is 2.26 bits per heavy atom. The number of amides is 1. The maximum absolute atomic E-state index is 14.7. The van der Waals surface area contributed by atoms with E-state index in [1.165, 1.54) is 5.69 Å². The molecule has 2 atom stereocenters. The highest BCUT2D eigenvalue weighted by molar-refractivity contribution is 5.94. The lowest BCUT2D eigenvalue weighted by atomic mass is 9.93. The van der Waals surface area contributed by atoms with E-state index < -0.39 is 0 Å². The lowest BCUT2D eigenvalue weighted by Gasteiger charge is -2.45. The molecule has 7 heteroatoms. The van der Waals surface area contributed by atoms with Crippen LogP contribution < -0.4 is 15.4 Å². The van der Waals surface area contributed by atoms with Gasteiger partial charge in [-0.3, -0.25) is 4.48 Å². The molecule has 2 saturated heterocycles. The van der Waals surface area contributed by atoms with Gasteiger partial charge in [-0.15, -0.1) is 0 Å². The Bertz CT molecular complexity index is 1420. The largest absolute Gasteiger partial charge is 0.493 e. The predicted octanol–water partition coefficient (Wildman–Crippen LogP) is 5.85. The molecule has 0 radical (unpaired) electrons. The lowest BCUT2D eigenvalue weighted by molar-refractivity contribution is -0.889. The standard InChI is InChI=1S/C35H42N3O4/c1-25(26-3-8-31(36)9-4-26)38(2,33-14-18-40-19-15-33)35(39)29-13-20-42-34-12-7-28(23-30(34)24-29)27-5-10-32(11-6-27)37-16-21-41-22-17-37/h3-12,23-25,33H,13-22,36H2,1-2H3/q+1. The molecule has 0 spiro atoms. The lowest BCUT2D eigenvalue weighted by Crippen LogP contribution is -2.59. The van der Waals surface area contributed by atoms with E-state index in [4.69, 9.17) is 19.9 Å². The highest BCUT2D eigenvalue weighted by Gasteiger charge is 2.47. The summed E-state index contributed by atoms with van der Waals surface area (Å²) in [6.45, 7) is 7.37. The SMILES string of the molecule is CC(c1ccc(N)cc1)[N+](C)(C(=O)C1=Cc2cc(-c3ccc(N4CCOCC4)cc3)ccc2OCC1)C1CCOCC1. The minimum absolute atomic E-state index is 0.0398. The zero-order valence-electron chi connectivity index (χ0n) is 24.8. The summed E-state index contributed by atoms with van der Waals surface area (Å²) in [5.74, 6) is 0.973. The number of hydrogen-bond donors (Lipinski definition) is 1. The van der Waals surface area contributed by atoms with E-state index in [1.54, 1.807) is 0 Å². The Labute approximate surface area is 249 Å². The van der Waals surface area contributed by atoms with Gasteiger partial charge in [-0.25, -0.2) is 4.79 Å². The van der Waals surface area contributed by atoms with Crippen molar-refractivity contribution in [2.24, 2.45) is 0 Å². The Balaban J connectivity index is 1.32. The molecule has 0 saturated carbocycles. The number of nitrogens with zero attached hydrogens (tertiary/aromatic N) is 2. The number of hydrogen-bond acceptors (Lipinski definition) is 6. The molecule has 6 rings (SSSR count). The number of morpholine rings is 1. The molecular weight excluding hydrogens is 526 g/mol. The molecule has 1 amide bonds. The van der Waals surface area contributed by atoms with Gasteiger partial charge in [-0.05, 0) is 60.5 Å². The molecule has 3 aliphatic heterocycles. The first kappa shape index (κ1) is 28.5. The Hall–Kier alpha value is -3.65. The number of anilines is 2. The number of likely N-dealkylation sites (N-methyl/N-ethyl adjacent to an activating group) is 1. The highest BCUT2D eigenvalue weighted by atomic mass is 16.5. The molecule has 2 N–H and O–H groups in total. The molecular formula is C35H42N3O4+. The third kappa shape index (κ3) is 5.69. The van der Waals surface area contributed by atoms with Crippen LogP contribution in [-0.4, -0.2) is 69.6 Å². The number of benzene rings is 3. The molecule has 2 fully saturated rings. The molecule has 2 unspecified atom stereocenters. The van der Waals surface area contributed by atoms with Crippen molar-refractivity contribution in [2.45, 2.75) is 38.3 Å². The zero-order chi connectivity index (χ0) is 29.1. The van der Waals surface area contributed by atoms with Crippen LogP contribution in [0.25, 0.3) is 17.2 Å². The smallest absolute Gasteiger partial charge is 0.342 e. The number of ether oxygens (including phenoxy) is 3. The van der Waals surface area contributed by atoms with Crippen LogP contribution in [0.1, 0.15) is 43.4 Å². The third-order valence-electron chi connectivity index (χ3n) is 9.43. The summed E-state index contributed by atoms with van der Waals surface area (Å²) >= 11 is 0. The van der Waals surface area contributed by atoms with Crippen LogP contribution in [0.5, 0.6) is 5.75 Å². The molecule has 3 aromatic carbocycles. The molecule has 3 aliphatic rings.